The topological polar surface area (TPSA) is 76.1 Å². The number of amides is 1. The number of carboxylic acids is 1. The lowest BCUT2D eigenvalue weighted by Crippen LogP contribution is -2.44. The van der Waals surface area contributed by atoms with Gasteiger partial charge in [-0.05, 0) is 19.1 Å². The maximum Gasteiger partial charge on any atom is 0.323 e. The van der Waals surface area contributed by atoms with E-state index in [2.05, 4.69) is 0 Å². The van der Waals surface area contributed by atoms with Crippen molar-refractivity contribution >= 4 is 11.9 Å². The van der Waals surface area contributed by atoms with Crippen molar-refractivity contribution in [1.82, 2.24) is 4.90 Å². The molecular formula is C14H17F2NO5. The van der Waals surface area contributed by atoms with E-state index in [4.69, 9.17) is 14.6 Å². The molecule has 1 aromatic carbocycles. The Bertz CT molecular complexity index is 538. The Morgan fingerprint density at radius 2 is 2.00 bits per heavy atom. The van der Waals surface area contributed by atoms with Gasteiger partial charge in [-0.1, -0.05) is 0 Å². The second kappa shape index (κ2) is 8.28. The third-order valence-electron chi connectivity index (χ3n) is 2.75. The fourth-order valence-corrected chi connectivity index (χ4v) is 1.69. The fourth-order valence-electron chi connectivity index (χ4n) is 1.69. The zero-order chi connectivity index (χ0) is 16.7. The average Bonchev–Trinajstić information content (AvgIpc) is 2.46. The van der Waals surface area contributed by atoms with Crippen LogP contribution < -0.4 is 4.74 Å². The maximum absolute atomic E-state index is 13.1. The van der Waals surface area contributed by atoms with Gasteiger partial charge < -0.3 is 19.5 Å². The lowest BCUT2D eigenvalue weighted by atomic mass is 10.3. The molecule has 0 heterocycles. The Hall–Kier alpha value is -2.22. The van der Waals surface area contributed by atoms with E-state index < -0.39 is 36.2 Å². The Labute approximate surface area is 126 Å². The van der Waals surface area contributed by atoms with E-state index in [0.29, 0.717) is 0 Å². The number of halogens is 2. The molecule has 0 aliphatic carbocycles. The van der Waals surface area contributed by atoms with E-state index in [1.807, 2.05) is 0 Å². The van der Waals surface area contributed by atoms with Gasteiger partial charge in [-0.3, -0.25) is 9.59 Å². The minimum Gasteiger partial charge on any atom is -0.481 e. The van der Waals surface area contributed by atoms with Crippen LogP contribution >= 0.6 is 0 Å². The number of rotatable bonds is 8. The molecule has 0 spiro atoms. The molecule has 0 saturated carbocycles. The van der Waals surface area contributed by atoms with Crippen molar-refractivity contribution in [3.8, 4) is 5.75 Å². The molecule has 6 nitrogen and oxygen atoms in total. The van der Waals surface area contributed by atoms with Crippen LogP contribution in [0.2, 0.25) is 0 Å². The lowest BCUT2D eigenvalue weighted by Gasteiger charge is -2.24. The molecule has 0 aliphatic heterocycles. The molecule has 1 atom stereocenters. The molecule has 0 bridgehead atoms. The van der Waals surface area contributed by atoms with Gasteiger partial charge in [-0.15, -0.1) is 0 Å². The van der Waals surface area contributed by atoms with Crippen molar-refractivity contribution in [2.24, 2.45) is 0 Å². The smallest absolute Gasteiger partial charge is 0.323 e. The predicted octanol–water partition coefficient (Wildman–Crippen LogP) is 1.29. The first-order chi connectivity index (χ1) is 10.3. The fraction of sp³-hybridized carbons (Fsp3) is 0.429. The van der Waals surface area contributed by atoms with E-state index in [1.54, 1.807) is 0 Å². The summed E-state index contributed by atoms with van der Waals surface area (Å²) in [7, 11) is 1.42. The van der Waals surface area contributed by atoms with Crippen molar-refractivity contribution in [2.45, 2.75) is 13.0 Å². The summed E-state index contributed by atoms with van der Waals surface area (Å²) in [5.41, 5.74) is 0. The van der Waals surface area contributed by atoms with Gasteiger partial charge in [0.15, 0.2) is 17.7 Å². The summed E-state index contributed by atoms with van der Waals surface area (Å²) in [6, 6.07) is 2.87. The third-order valence-corrected chi connectivity index (χ3v) is 2.75. The number of methoxy groups -OCH3 is 1. The van der Waals surface area contributed by atoms with Crippen LogP contribution in [0, 0.1) is 11.6 Å². The molecule has 1 rings (SSSR count). The third kappa shape index (κ3) is 5.28. The summed E-state index contributed by atoms with van der Waals surface area (Å²) in [5.74, 6) is -3.92. The Kier molecular flexibility index (Phi) is 6.71. The van der Waals surface area contributed by atoms with Gasteiger partial charge in [0, 0.05) is 19.7 Å². The molecule has 1 N–H and O–H groups in total. The van der Waals surface area contributed by atoms with Crippen molar-refractivity contribution in [1.29, 1.82) is 0 Å². The molecular weight excluding hydrogens is 300 g/mol. The van der Waals surface area contributed by atoms with Crippen molar-refractivity contribution in [3.63, 3.8) is 0 Å². The quantitative estimate of drug-likeness (QED) is 0.782. The molecule has 22 heavy (non-hydrogen) atoms. The van der Waals surface area contributed by atoms with Crippen LogP contribution in [-0.4, -0.2) is 54.8 Å². The Balaban J connectivity index is 2.74. The molecule has 122 valence electrons. The highest BCUT2D eigenvalue weighted by Gasteiger charge is 2.24. The zero-order valence-corrected chi connectivity index (χ0v) is 12.2. The molecule has 0 radical (unpaired) electrons. The van der Waals surface area contributed by atoms with Gasteiger partial charge >= 0.3 is 5.97 Å². The second-order valence-corrected chi connectivity index (χ2v) is 4.48. The Morgan fingerprint density at radius 3 is 2.55 bits per heavy atom. The highest BCUT2D eigenvalue weighted by atomic mass is 19.2. The van der Waals surface area contributed by atoms with Crippen LogP contribution in [0.4, 0.5) is 8.78 Å². The minimum atomic E-state index is -1.18. The predicted molar refractivity (Wildman–Crippen MR) is 72.5 cm³/mol. The molecule has 0 aromatic heterocycles. The van der Waals surface area contributed by atoms with Crippen LogP contribution in [0.5, 0.6) is 5.75 Å². The van der Waals surface area contributed by atoms with Crippen molar-refractivity contribution < 1.29 is 33.0 Å². The number of carboxylic acid groups (broad SMARTS) is 1. The summed E-state index contributed by atoms with van der Waals surface area (Å²) in [5, 5.41) is 8.80. The van der Waals surface area contributed by atoms with Crippen LogP contribution in [0.3, 0.4) is 0 Å². The van der Waals surface area contributed by atoms with Crippen LogP contribution in [0.25, 0.3) is 0 Å². The van der Waals surface area contributed by atoms with Crippen LogP contribution in [-0.2, 0) is 14.3 Å². The van der Waals surface area contributed by atoms with E-state index in [9.17, 15) is 18.4 Å². The lowest BCUT2D eigenvalue weighted by molar-refractivity contribution is -0.148. The summed E-state index contributed by atoms with van der Waals surface area (Å²) in [6.45, 7) is 1.13. The summed E-state index contributed by atoms with van der Waals surface area (Å²) >= 11 is 0. The number of carbonyl (C=O) groups is 2. The van der Waals surface area contributed by atoms with Gasteiger partial charge in [0.05, 0.1) is 6.61 Å². The summed E-state index contributed by atoms with van der Waals surface area (Å²) in [6.07, 6.45) is -1.05. The first-order valence-electron chi connectivity index (χ1n) is 6.46. The van der Waals surface area contributed by atoms with Gasteiger partial charge in [-0.25, -0.2) is 8.78 Å². The van der Waals surface area contributed by atoms with Gasteiger partial charge in [0.1, 0.15) is 12.3 Å². The van der Waals surface area contributed by atoms with Crippen molar-refractivity contribution in [2.75, 3.05) is 26.8 Å². The van der Waals surface area contributed by atoms with E-state index >= 15 is 0 Å². The normalized spacial score (nSPS) is 11.8. The van der Waals surface area contributed by atoms with Gasteiger partial charge in [0.25, 0.3) is 5.91 Å². The SMILES string of the molecule is COCCN(CC(=O)O)C(=O)C(C)Oc1ccc(F)c(F)c1. The van der Waals surface area contributed by atoms with E-state index in [1.165, 1.54) is 20.1 Å². The standard InChI is InChI=1S/C14H17F2NO5/c1-9(22-10-3-4-11(15)12(16)7-10)14(20)17(5-6-21-2)8-13(18)19/h3-4,7,9H,5-6,8H2,1-2H3,(H,18,19). The number of aliphatic carboxylic acids is 1. The highest BCUT2D eigenvalue weighted by molar-refractivity contribution is 5.84. The number of hydrogen-bond donors (Lipinski definition) is 1. The zero-order valence-electron chi connectivity index (χ0n) is 12.2. The number of nitrogens with zero attached hydrogens (tertiary/aromatic N) is 1. The minimum absolute atomic E-state index is 0.0261. The molecule has 0 aliphatic rings. The molecule has 0 saturated heterocycles. The van der Waals surface area contributed by atoms with E-state index in [-0.39, 0.29) is 18.9 Å². The summed E-state index contributed by atoms with van der Waals surface area (Å²) in [4.78, 5) is 24.0. The first kappa shape index (κ1) is 17.8. The molecule has 1 amide bonds. The van der Waals surface area contributed by atoms with Gasteiger partial charge in [0.2, 0.25) is 0 Å². The highest BCUT2D eigenvalue weighted by Crippen LogP contribution is 2.17. The molecule has 1 aromatic rings. The number of ether oxygens (including phenoxy) is 2. The van der Waals surface area contributed by atoms with E-state index in [0.717, 1.165) is 17.0 Å². The average molecular weight is 317 g/mol. The molecule has 1 unspecified atom stereocenters. The van der Waals surface area contributed by atoms with Gasteiger partial charge in [-0.2, -0.15) is 0 Å². The van der Waals surface area contributed by atoms with Crippen LogP contribution in [0.15, 0.2) is 18.2 Å². The number of hydrogen-bond acceptors (Lipinski definition) is 4. The largest absolute Gasteiger partial charge is 0.481 e. The maximum atomic E-state index is 13.1. The summed E-state index contributed by atoms with van der Waals surface area (Å²) < 4.78 is 35.9. The number of carbonyl (C=O) groups excluding carboxylic acids is 1. The first-order valence-corrected chi connectivity index (χ1v) is 6.46. The Morgan fingerprint density at radius 1 is 1.32 bits per heavy atom. The second-order valence-electron chi connectivity index (χ2n) is 4.48. The van der Waals surface area contributed by atoms with Crippen molar-refractivity contribution in [3.05, 3.63) is 29.8 Å². The molecule has 8 heteroatoms. The molecule has 0 fully saturated rings. The number of benzene rings is 1. The monoisotopic (exact) mass is 317 g/mol. The van der Waals surface area contributed by atoms with Crippen LogP contribution in [0.1, 0.15) is 6.92 Å².